The summed E-state index contributed by atoms with van der Waals surface area (Å²) in [4.78, 5) is 4.73. The fourth-order valence-electron chi connectivity index (χ4n) is 7.51. The average Bonchev–Trinajstić information content (AvgIpc) is 3.70. The number of fused-ring (bicyclic) bond motifs is 3. The van der Waals surface area contributed by atoms with E-state index in [1.54, 1.807) is 0 Å². The van der Waals surface area contributed by atoms with Gasteiger partial charge in [-0.05, 0) is 106 Å². The zero-order valence-electron chi connectivity index (χ0n) is 30.9. The summed E-state index contributed by atoms with van der Waals surface area (Å²) in [6.45, 7) is 20.6. The lowest BCUT2D eigenvalue weighted by Gasteiger charge is -2.32. The summed E-state index contributed by atoms with van der Waals surface area (Å²) in [5.41, 5.74) is 12.6. The van der Waals surface area contributed by atoms with Gasteiger partial charge in [-0.1, -0.05) is 85.7 Å². The topological polar surface area (TPSA) is 44.9 Å². The monoisotopic (exact) mass is 660 g/mol. The zero-order chi connectivity index (χ0) is 35.4. The number of aromatic nitrogens is 4. The third-order valence-corrected chi connectivity index (χ3v) is 9.83. The van der Waals surface area contributed by atoms with Gasteiger partial charge in [-0.2, -0.15) is 5.10 Å². The SMILES string of the molecule is CCc1c(C(C)(C)C)cc(C(C)(C)C)c(CC)c1-c1cnn(-c2cccc(Oc3ccc4c5ccccc5n(-c5cc(C)ccn5)c4c3)c2)c1. The molecule has 0 radical (unpaired) electrons. The normalized spacial score (nSPS) is 12.3. The predicted molar refractivity (Wildman–Crippen MR) is 209 cm³/mol. The van der Waals surface area contributed by atoms with Crippen LogP contribution >= 0.6 is 0 Å². The van der Waals surface area contributed by atoms with Crippen LogP contribution in [0.25, 0.3) is 44.4 Å². The number of hydrogen-bond donors (Lipinski definition) is 0. The number of aryl methyl sites for hydroxylation is 1. The van der Waals surface area contributed by atoms with E-state index in [4.69, 9.17) is 14.8 Å². The molecule has 0 spiro atoms. The van der Waals surface area contributed by atoms with Crippen molar-refractivity contribution in [1.82, 2.24) is 19.3 Å². The highest BCUT2D eigenvalue weighted by Gasteiger charge is 2.29. The van der Waals surface area contributed by atoms with Crippen molar-refractivity contribution in [3.63, 3.8) is 0 Å². The van der Waals surface area contributed by atoms with Crippen molar-refractivity contribution < 1.29 is 4.74 Å². The van der Waals surface area contributed by atoms with Gasteiger partial charge in [-0.25, -0.2) is 9.67 Å². The van der Waals surface area contributed by atoms with Crippen molar-refractivity contribution in [2.75, 3.05) is 0 Å². The van der Waals surface area contributed by atoms with Crippen LogP contribution < -0.4 is 4.74 Å². The maximum atomic E-state index is 6.56. The number of hydrogen-bond acceptors (Lipinski definition) is 3. The summed E-state index contributed by atoms with van der Waals surface area (Å²) in [6, 6.07) is 29.6. The van der Waals surface area contributed by atoms with Crippen molar-refractivity contribution in [2.45, 2.75) is 86.0 Å². The van der Waals surface area contributed by atoms with Crippen LogP contribution in [0.15, 0.2) is 104 Å². The molecule has 0 aliphatic carbocycles. The van der Waals surface area contributed by atoms with E-state index < -0.39 is 0 Å². The average molecular weight is 661 g/mol. The molecule has 0 saturated heterocycles. The number of rotatable bonds is 7. The van der Waals surface area contributed by atoms with E-state index in [1.165, 1.54) is 38.8 Å². The third kappa shape index (κ3) is 6.00. The Labute approximate surface area is 296 Å². The highest BCUT2D eigenvalue weighted by atomic mass is 16.5. The van der Waals surface area contributed by atoms with Gasteiger partial charge in [0.1, 0.15) is 17.3 Å². The third-order valence-electron chi connectivity index (χ3n) is 9.83. The number of benzene rings is 4. The van der Waals surface area contributed by atoms with Gasteiger partial charge in [0, 0.05) is 40.9 Å². The zero-order valence-corrected chi connectivity index (χ0v) is 30.9. The molecule has 254 valence electrons. The lowest BCUT2D eigenvalue weighted by molar-refractivity contribution is 0.483. The van der Waals surface area contributed by atoms with E-state index in [0.29, 0.717) is 0 Å². The lowest BCUT2D eigenvalue weighted by Crippen LogP contribution is -2.21. The molecule has 3 heterocycles. The van der Waals surface area contributed by atoms with Crippen molar-refractivity contribution in [3.05, 3.63) is 131 Å². The van der Waals surface area contributed by atoms with Crippen LogP contribution in [0.3, 0.4) is 0 Å². The first kappa shape index (κ1) is 33.3. The molecule has 0 amide bonds. The van der Waals surface area contributed by atoms with Crippen LogP contribution in [0.4, 0.5) is 0 Å². The van der Waals surface area contributed by atoms with Crippen molar-refractivity contribution in [3.8, 4) is 34.1 Å². The largest absolute Gasteiger partial charge is 0.457 e. The summed E-state index contributed by atoms with van der Waals surface area (Å²) < 4.78 is 10.8. The molecule has 0 aliphatic heterocycles. The van der Waals surface area contributed by atoms with Crippen LogP contribution in [0, 0.1) is 6.92 Å². The summed E-state index contributed by atoms with van der Waals surface area (Å²) in [6.07, 6.45) is 8.03. The molecule has 0 fully saturated rings. The van der Waals surface area contributed by atoms with E-state index in [-0.39, 0.29) is 10.8 Å². The van der Waals surface area contributed by atoms with E-state index in [1.807, 2.05) is 35.3 Å². The molecule has 0 aliphatic rings. The number of pyridine rings is 1. The second-order valence-electron chi connectivity index (χ2n) is 15.5. The molecule has 0 N–H and O–H groups in total. The number of nitrogens with zero attached hydrogens (tertiary/aromatic N) is 4. The minimum absolute atomic E-state index is 0.0297. The molecule has 50 heavy (non-hydrogen) atoms. The summed E-state index contributed by atoms with van der Waals surface area (Å²) in [5, 5.41) is 7.27. The van der Waals surface area contributed by atoms with Gasteiger partial charge in [0.15, 0.2) is 0 Å². The molecular formula is C45H48N4O. The van der Waals surface area contributed by atoms with E-state index in [2.05, 4.69) is 140 Å². The van der Waals surface area contributed by atoms with Crippen LogP contribution in [0.5, 0.6) is 11.5 Å². The molecule has 0 unspecified atom stereocenters. The first-order chi connectivity index (χ1) is 23.9. The molecule has 5 heteroatoms. The minimum atomic E-state index is 0.0297. The molecule has 5 nitrogen and oxygen atoms in total. The molecular weight excluding hydrogens is 613 g/mol. The molecule has 0 bridgehead atoms. The molecule has 4 aromatic carbocycles. The Hall–Kier alpha value is -5.16. The molecule has 3 aromatic heterocycles. The van der Waals surface area contributed by atoms with E-state index in [0.717, 1.165) is 57.8 Å². The molecule has 0 atom stereocenters. The van der Waals surface area contributed by atoms with Gasteiger partial charge in [0.25, 0.3) is 0 Å². The van der Waals surface area contributed by atoms with Gasteiger partial charge < -0.3 is 4.74 Å². The standard InChI is InChI=1S/C45H48N4O/c1-10-34-38(44(4,5)6)26-39(45(7,8)9)35(11-2)43(34)30-27-47-48(28-30)31-15-14-16-32(24-31)50-33-19-20-37-36-17-12-13-18-40(36)49(41(37)25-33)42-23-29(3)21-22-46-42/h12-28H,10-11H2,1-9H3. The maximum absolute atomic E-state index is 6.56. The van der Waals surface area contributed by atoms with Crippen LogP contribution in [0.2, 0.25) is 0 Å². The van der Waals surface area contributed by atoms with Crippen molar-refractivity contribution in [2.24, 2.45) is 0 Å². The van der Waals surface area contributed by atoms with Gasteiger partial charge in [0.2, 0.25) is 0 Å². The highest BCUT2D eigenvalue weighted by Crippen LogP contribution is 2.42. The van der Waals surface area contributed by atoms with E-state index in [9.17, 15) is 0 Å². The van der Waals surface area contributed by atoms with Gasteiger partial charge in [0.05, 0.1) is 22.9 Å². The van der Waals surface area contributed by atoms with Crippen molar-refractivity contribution >= 4 is 21.8 Å². The number of para-hydroxylation sites is 1. The quantitative estimate of drug-likeness (QED) is 0.171. The predicted octanol–water partition coefficient (Wildman–Crippen LogP) is 11.9. The van der Waals surface area contributed by atoms with Crippen LogP contribution in [-0.4, -0.2) is 19.3 Å². The Bertz CT molecular complexity index is 2320. The van der Waals surface area contributed by atoms with Gasteiger partial charge in [-0.3, -0.25) is 4.57 Å². The smallest absolute Gasteiger partial charge is 0.137 e. The first-order valence-corrected chi connectivity index (χ1v) is 17.9. The minimum Gasteiger partial charge on any atom is -0.457 e. The highest BCUT2D eigenvalue weighted by molar-refractivity contribution is 6.09. The Balaban J connectivity index is 1.28. The van der Waals surface area contributed by atoms with Gasteiger partial charge in [-0.15, -0.1) is 0 Å². The number of ether oxygens (including phenoxy) is 1. The van der Waals surface area contributed by atoms with Crippen LogP contribution in [-0.2, 0) is 23.7 Å². The Kier molecular flexibility index (Phi) is 8.42. The molecule has 7 rings (SSSR count). The van der Waals surface area contributed by atoms with Crippen molar-refractivity contribution in [1.29, 1.82) is 0 Å². The van der Waals surface area contributed by atoms with E-state index >= 15 is 0 Å². The fourth-order valence-corrected chi connectivity index (χ4v) is 7.51. The fraction of sp³-hybridized carbons (Fsp3) is 0.289. The summed E-state index contributed by atoms with van der Waals surface area (Å²) in [5.74, 6) is 2.41. The maximum Gasteiger partial charge on any atom is 0.137 e. The lowest BCUT2D eigenvalue weighted by atomic mass is 9.72. The molecule has 0 saturated carbocycles. The summed E-state index contributed by atoms with van der Waals surface area (Å²) in [7, 11) is 0. The first-order valence-electron chi connectivity index (χ1n) is 17.9. The summed E-state index contributed by atoms with van der Waals surface area (Å²) >= 11 is 0. The Morgan fingerprint density at radius 1 is 0.680 bits per heavy atom. The van der Waals surface area contributed by atoms with Gasteiger partial charge >= 0.3 is 0 Å². The molecule has 7 aromatic rings. The van der Waals surface area contributed by atoms with Crippen LogP contribution in [0.1, 0.15) is 83.2 Å². The Morgan fingerprint density at radius 3 is 2.04 bits per heavy atom. The Morgan fingerprint density at radius 2 is 1.36 bits per heavy atom. The second kappa shape index (κ2) is 12.6. The second-order valence-corrected chi connectivity index (χ2v) is 15.5.